The van der Waals surface area contributed by atoms with E-state index in [0.29, 0.717) is 12.0 Å². The second-order valence-electron chi connectivity index (χ2n) is 3.35. The van der Waals surface area contributed by atoms with Crippen LogP contribution in [0.25, 0.3) is 0 Å². The number of rotatable bonds is 3. The van der Waals surface area contributed by atoms with Crippen molar-refractivity contribution in [3.8, 4) is 0 Å². The summed E-state index contributed by atoms with van der Waals surface area (Å²) in [5.41, 5.74) is 6.18. The first kappa shape index (κ1) is 11.5. The Kier molecular flexibility index (Phi) is 3.66. The number of benzene rings is 1. The van der Waals surface area contributed by atoms with Gasteiger partial charge in [-0.05, 0) is 31.0 Å². The molecule has 0 bridgehead atoms. The number of ether oxygens (including phenoxy) is 1. The van der Waals surface area contributed by atoms with Gasteiger partial charge in [0.15, 0.2) is 0 Å². The first-order valence-corrected chi connectivity index (χ1v) is 4.79. The van der Waals surface area contributed by atoms with Crippen molar-refractivity contribution in [2.24, 2.45) is 0 Å². The fourth-order valence-corrected chi connectivity index (χ4v) is 1.25. The second-order valence-corrected chi connectivity index (χ2v) is 3.35. The largest absolute Gasteiger partial charge is 0.462 e. The van der Waals surface area contributed by atoms with Crippen LogP contribution in [0.1, 0.15) is 29.3 Å². The zero-order valence-corrected chi connectivity index (χ0v) is 8.84. The maximum atomic E-state index is 13.4. The molecule has 0 heterocycles. The van der Waals surface area contributed by atoms with Crippen LogP contribution < -0.4 is 5.73 Å². The topological polar surface area (TPSA) is 52.3 Å². The molecule has 0 aliphatic rings. The van der Waals surface area contributed by atoms with Crippen LogP contribution in [-0.2, 0) is 4.74 Å². The Morgan fingerprint density at radius 3 is 2.73 bits per heavy atom. The number of anilines is 1. The highest BCUT2D eigenvalue weighted by atomic mass is 19.1. The van der Waals surface area contributed by atoms with E-state index in [1.54, 1.807) is 13.0 Å². The van der Waals surface area contributed by atoms with E-state index in [4.69, 9.17) is 10.5 Å². The Bertz CT molecular complexity index is 354. The van der Waals surface area contributed by atoms with Crippen molar-refractivity contribution >= 4 is 11.7 Å². The van der Waals surface area contributed by atoms with Gasteiger partial charge in [0.05, 0.1) is 6.61 Å². The predicted octanol–water partition coefficient (Wildman–Crippen LogP) is 2.28. The molecular formula is C11H14FNO2. The number of nitrogen functional groups attached to an aromatic ring is 1. The number of hydrogen-bond acceptors (Lipinski definition) is 3. The van der Waals surface area contributed by atoms with E-state index < -0.39 is 11.8 Å². The van der Waals surface area contributed by atoms with Crippen molar-refractivity contribution in [2.75, 3.05) is 12.3 Å². The van der Waals surface area contributed by atoms with E-state index >= 15 is 0 Å². The SMILES string of the molecule is CCCOC(=O)c1c(N)cc(C)cc1F. The minimum atomic E-state index is -0.702. The molecule has 1 aromatic carbocycles. The predicted molar refractivity (Wildman–Crippen MR) is 56.1 cm³/mol. The molecule has 15 heavy (non-hydrogen) atoms. The highest BCUT2D eigenvalue weighted by Gasteiger charge is 2.17. The van der Waals surface area contributed by atoms with Gasteiger partial charge in [0.1, 0.15) is 11.4 Å². The molecule has 2 N–H and O–H groups in total. The van der Waals surface area contributed by atoms with E-state index in [1.165, 1.54) is 6.07 Å². The van der Waals surface area contributed by atoms with Gasteiger partial charge in [0.25, 0.3) is 0 Å². The van der Waals surface area contributed by atoms with Crippen LogP contribution in [0, 0.1) is 12.7 Å². The Labute approximate surface area is 88.0 Å². The van der Waals surface area contributed by atoms with Crippen LogP contribution in [0.15, 0.2) is 12.1 Å². The molecule has 4 heteroatoms. The summed E-state index contributed by atoms with van der Waals surface area (Å²) in [6, 6.07) is 2.81. The fourth-order valence-electron chi connectivity index (χ4n) is 1.25. The Morgan fingerprint density at radius 1 is 1.53 bits per heavy atom. The Hall–Kier alpha value is -1.58. The number of halogens is 1. The van der Waals surface area contributed by atoms with Gasteiger partial charge in [-0.1, -0.05) is 6.92 Å². The van der Waals surface area contributed by atoms with Gasteiger partial charge in [-0.15, -0.1) is 0 Å². The maximum absolute atomic E-state index is 13.4. The summed E-state index contributed by atoms with van der Waals surface area (Å²) in [5.74, 6) is -1.33. The number of aryl methyl sites for hydroxylation is 1. The zero-order valence-electron chi connectivity index (χ0n) is 8.84. The standard InChI is InChI=1S/C11H14FNO2/c1-3-4-15-11(14)10-8(12)5-7(2)6-9(10)13/h5-6H,3-4,13H2,1-2H3. The number of carbonyl (C=O) groups is 1. The first-order valence-electron chi connectivity index (χ1n) is 4.79. The number of nitrogens with two attached hydrogens (primary N) is 1. The Morgan fingerprint density at radius 2 is 2.20 bits per heavy atom. The lowest BCUT2D eigenvalue weighted by atomic mass is 10.1. The van der Waals surface area contributed by atoms with Gasteiger partial charge in [-0.25, -0.2) is 9.18 Å². The van der Waals surface area contributed by atoms with E-state index in [2.05, 4.69) is 0 Å². The van der Waals surface area contributed by atoms with E-state index in [0.717, 1.165) is 0 Å². The van der Waals surface area contributed by atoms with Gasteiger partial charge in [0.2, 0.25) is 0 Å². The molecule has 1 rings (SSSR count). The quantitative estimate of drug-likeness (QED) is 0.616. The molecule has 0 radical (unpaired) electrons. The molecule has 0 unspecified atom stereocenters. The van der Waals surface area contributed by atoms with E-state index in [-0.39, 0.29) is 17.9 Å². The maximum Gasteiger partial charge on any atom is 0.343 e. The van der Waals surface area contributed by atoms with Crippen molar-refractivity contribution in [3.05, 3.63) is 29.1 Å². The number of esters is 1. The van der Waals surface area contributed by atoms with Crippen LogP contribution in [0.2, 0.25) is 0 Å². The summed E-state index contributed by atoms with van der Waals surface area (Å²) in [6.07, 6.45) is 0.694. The van der Waals surface area contributed by atoms with E-state index in [9.17, 15) is 9.18 Å². The molecule has 0 aliphatic heterocycles. The zero-order chi connectivity index (χ0) is 11.4. The molecule has 0 atom stereocenters. The lowest BCUT2D eigenvalue weighted by molar-refractivity contribution is 0.0501. The third-order valence-corrected chi connectivity index (χ3v) is 1.91. The molecule has 0 saturated heterocycles. The first-order chi connectivity index (χ1) is 7.06. The van der Waals surface area contributed by atoms with Crippen molar-refractivity contribution in [2.45, 2.75) is 20.3 Å². The molecule has 0 saturated carbocycles. The summed E-state index contributed by atoms with van der Waals surface area (Å²) < 4.78 is 18.2. The summed E-state index contributed by atoms with van der Waals surface area (Å²) in [5, 5.41) is 0. The molecule has 0 fully saturated rings. The van der Waals surface area contributed by atoms with Gasteiger partial charge in [-0.3, -0.25) is 0 Å². The van der Waals surface area contributed by atoms with Crippen LogP contribution >= 0.6 is 0 Å². The summed E-state index contributed by atoms with van der Waals surface area (Å²) in [7, 11) is 0. The van der Waals surface area contributed by atoms with E-state index in [1.807, 2.05) is 6.92 Å². The van der Waals surface area contributed by atoms with Crippen LogP contribution in [0.4, 0.5) is 10.1 Å². The van der Waals surface area contributed by atoms with Crippen molar-refractivity contribution in [1.29, 1.82) is 0 Å². The normalized spacial score (nSPS) is 10.1. The number of carbonyl (C=O) groups excluding carboxylic acids is 1. The second kappa shape index (κ2) is 4.77. The molecule has 3 nitrogen and oxygen atoms in total. The average molecular weight is 211 g/mol. The lowest BCUT2D eigenvalue weighted by Gasteiger charge is -2.07. The molecule has 0 amide bonds. The van der Waals surface area contributed by atoms with Crippen molar-refractivity contribution < 1.29 is 13.9 Å². The van der Waals surface area contributed by atoms with Gasteiger partial charge in [-0.2, -0.15) is 0 Å². The molecule has 0 spiro atoms. The van der Waals surface area contributed by atoms with Crippen molar-refractivity contribution in [1.82, 2.24) is 0 Å². The van der Waals surface area contributed by atoms with Gasteiger partial charge >= 0.3 is 5.97 Å². The summed E-state index contributed by atoms with van der Waals surface area (Å²) in [4.78, 5) is 11.4. The molecular weight excluding hydrogens is 197 g/mol. The fraction of sp³-hybridized carbons (Fsp3) is 0.364. The molecule has 0 aliphatic carbocycles. The molecule has 1 aromatic rings. The van der Waals surface area contributed by atoms with Crippen LogP contribution in [0.3, 0.4) is 0 Å². The minimum absolute atomic E-state index is 0.119. The van der Waals surface area contributed by atoms with Crippen LogP contribution in [-0.4, -0.2) is 12.6 Å². The van der Waals surface area contributed by atoms with Gasteiger partial charge < -0.3 is 10.5 Å². The van der Waals surface area contributed by atoms with Crippen molar-refractivity contribution in [3.63, 3.8) is 0 Å². The lowest BCUT2D eigenvalue weighted by Crippen LogP contribution is -2.11. The molecule has 0 aromatic heterocycles. The Balaban J connectivity index is 2.98. The third kappa shape index (κ3) is 2.68. The highest BCUT2D eigenvalue weighted by Crippen LogP contribution is 2.19. The summed E-state index contributed by atoms with van der Waals surface area (Å²) >= 11 is 0. The van der Waals surface area contributed by atoms with Gasteiger partial charge in [0, 0.05) is 5.69 Å². The number of hydrogen-bond donors (Lipinski definition) is 1. The summed E-state index contributed by atoms with van der Waals surface area (Å²) in [6.45, 7) is 3.84. The third-order valence-electron chi connectivity index (χ3n) is 1.91. The average Bonchev–Trinajstić information content (AvgIpc) is 2.12. The smallest absolute Gasteiger partial charge is 0.343 e. The minimum Gasteiger partial charge on any atom is -0.462 e. The highest BCUT2D eigenvalue weighted by molar-refractivity contribution is 5.95. The van der Waals surface area contributed by atoms with Crippen LogP contribution in [0.5, 0.6) is 0 Å². The monoisotopic (exact) mass is 211 g/mol. The molecule has 82 valence electrons.